The average molecular weight is 291 g/mol. The average Bonchev–Trinajstić information content (AvgIpc) is 2.38. The summed E-state index contributed by atoms with van der Waals surface area (Å²) in [6.07, 6.45) is 5.14. The highest BCUT2D eigenvalue weighted by Crippen LogP contribution is 2.00. The maximum Gasteiger partial charge on any atom is 0.322 e. The van der Waals surface area contributed by atoms with E-state index in [0.717, 1.165) is 25.0 Å². The molecule has 0 fully saturated rings. The lowest BCUT2D eigenvalue weighted by atomic mass is 10.2. The number of thioether (sulfide) groups is 1. The third-order valence-corrected chi connectivity index (χ3v) is 2.85. The summed E-state index contributed by atoms with van der Waals surface area (Å²) in [6, 6.07) is -0.421. The fraction of sp³-hybridized carbons (Fsp3) is 0.727. The summed E-state index contributed by atoms with van der Waals surface area (Å²) < 4.78 is 0. The molecule has 0 aliphatic heterocycles. The van der Waals surface area contributed by atoms with Crippen LogP contribution < -0.4 is 16.0 Å². The summed E-state index contributed by atoms with van der Waals surface area (Å²) in [7, 11) is 0. The Kier molecular flexibility index (Phi) is 10.8. The van der Waals surface area contributed by atoms with Crippen molar-refractivity contribution in [2.45, 2.75) is 19.3 Å². The maximum absolute atomic E-state index is 11.3. The van der Waals surface area contributed by atoms with Gasteiger partial charge >= 0.3 is 12.0 Å². The number of rotatable bonds is 10. The van der Waals surface area contributed by atoms with E-state index in [0.29, 0.717) is 6.54 Å². The van der Waals surface area contributed by atoms with Crippen molar-refractivity contribution in [1.82, 2.24) is 16.0 Å². The molecule has 0 aromatic carbocycles. The molecule has 4 N–H and O–H groups in total. The van der Waals surface area contributed by atoms with Crippen LogP contribution in [-0.2, 0) is 9.59 Å². The van der Waals surface area contributed by atoms with Crippen LogP contribution in [0.25, 0.3) is 0 Å². The van der Waals surface area contributed by atoms with Crippen molar-refractivity contribution >= 4 is 29.7 Å². The van der Waals surface area contributed by atoms with Gasteiger partial charge in [0.05, 0.1) is 6.54 Å². The molecule has 0 atom stereocenters. The van der Waals surface area contributed by atoms with E-state index in [2.05, 4.69) is 22.2 Å². The zero-order chi connectivity index (χ0) is 14.5. The molecular weight excluding hydrogens is 270 g/mol. The van der Waals surface area contributed by atoms with E-state index in [1.54, 1.807) is 11.8 Å². The summed E-state index contributed by atoms with van der Waals surface area (Å²) >= 11 is 1.80. The molecule has 7 nitrogen and oxygen atoms in total. The fourth-order valence-electron chi connectivity index (χ4n) is 1.21. The number of aliphatic carboxylic acids is 1. The molecule has 0 saturated carbocycles. The number of carbonyl (C=O) groups excluding carboxylic acids is 2. The predicted octanol–water partition coefficient (Wildman–Crippen LogP) is 0.0197. The lowest BCUT2D eigenvalue weighted by Gasteiger charge is -2.07. The molecule has 0 bridgehead atoms. The van der Waals surface area contributed by atoms with Gasteiger partial charge in [-0.15, -0.1) is 0 Å². The minimum Gasteiger partial charge on any atom is -0.480 e. The molecular formula is C11H21N3O4S. The van der Waals surface area contributed by atoms with Crippen LogP contribution in [0.4, 0.5) is 4.79 Å². The Morgan fingerprint density at radius 1 is 1.00 bits per heavy atom. The van der Waals surface area contributed by atoms with E-state index in [9.17, 15) is 14.4 Å². The van der Waals surface area contributed by atoms with Crippen molar-refractivity contribution in [3.05, 3.63) is 0 Å². The van der Waals surface area contributed by atoms with Gasteiger partial charge in [-0.2, -0.15) is 11.8 Å². The molecule has 0 spiro atoms. The molecule has 0 aromatic heterocycles. The van der Waals surface area contributed by atoms with Gasteiger partial charge in [0.2, 0.25) is 5.91 Å². The Bertz CT molecular complexity index is 300. The van der Waals surface area contributed by atoms with Gasteiger partial charge in [-0.1, -0.05) is 6.42 Å². The molecule has 8 heteroatoms. The molecule has 3 amide bonds. The Labute approximate surface area is 116 Å². The van der Waals surface area contributed by atoms with E-state index in [1.807, 2.05) is 0 Å². The number of carboxylic acid groups (broad SMARTS) is 1. The molecule has 0 aliphatic rings. The van der Waals surface area contributed by atoms with Crippen LogP contribution in [0.1, 0.15) is 19.3 Å². The lowest BCUT2D eigenvalue weighted by Crippen LogP contribution is -2.43. The van der Waals surface area contributed by atoms with Crippen LogP contribution >= 0.6 is 11.8 Å². The number of hydrogen-bond acceptors (Lipinski definition) is 4. The van der Waals surface area contributed by atoms with Gasteiger partial charge in [0.25, 0.3) is 0 Å². The van der Waals surface area contributed by atoms with Gasteiger partial charge in [0.1, 0.15) is 6.54 Å². The summed E-state index contributed by atoms with van der Waals surface area (Å²) in [4.78, 5) is 32.5. The van der Waals surface area contributed by atoms with E-state index in [-0.39, 0.29) is 6.54 Å². The highest BCUT2D eigenvalue weighted by Gasteiger charge is 2.05. The van der Waals surface area contributed by atoms with Crippen LogP contribution in [0.3, 0.4) is 0 Å². The fourth-order valence-corrected chi connectivity index (χ4v) is 1.70. The molecule has 0 rings (SSSR count). The van der Waals surface area contributed by atoms with Gasteiger partial charge < -0.3 is 21.1 Å². The van der Waals surface area contributed by atoms with Crippen molar-refractivity contribution in [2.24, 2.45) is 0 Å². The first kappa shape index (κ1) is 17.6. The van der Waals surface area contributed by atoms with Crippen molar-refractivity contribution < 1.29 is 19.5 Å². The third kappa shape index (κ3) is 12.8. The first-order chi connectivity index (χ1) is 9.06. The number of hydrogen-bond donors (Lipinski definition) is 4. The predicted molar refractivity (Wildman–Crippen MR) is 74.3 cm³/mol. The van der Waals surface area contributed by atoms with E-state index in [1.165, 1.54) is 0 Å². The first-order valence-electron chi connectivity index (χ1n) is 6.05. The number of urea groups is 1. The van der Waals surface area contributed by atoms with Crippen LogP contribution in [-0.4, -0.2) is 54.7 Å². The Balaban J connectivity index is 3.43. The third-order valence-electron chi connectivity index (χ3n) is 2.16. The normalized spacial score (nSPS) is 9.74. The zero-order valence-corrected chi connectivity index (χ0v) is 11.8. The standard InChI is InChI=1S/C11H21N3O4S/c1-19-6-4-2-3-5-12-11(18)14-7-9(15)13-8-10(16)17/h2-8H2,1H3,(H,13,15)(H,16,17)(H2,12,14,18). The second kappa shape index (κ2) is 11.6. The van der Waals surface area contributed by atoms with Gasteiger partial charge in [-0.25, -0.2) is 4.79 Å². The topological polar surface area (TPSA) is 108 Å². The van der Waals surface area contributed by atoms with E-state index in [4.69, 9.17) is 5.11 Å². The molecule has 19 heavy (non-hydrogen) atoms. The highest BCUT2D eigenvalue weighted by atomic mass is 32.2. The molecule has 0 heterocycles. The van der Waals surface area contributed by atoms with E-state index < -0.39 is 24.5 Å². The zero-order valence-electron chi connectivity index (χ0n) is 11.0. The van der Waals surface area contributed by atoms with E-state index >= 15 is 0 Å². The monoisotopic (exact) mass is 291 g/mol. The van der Waals surface area contributed by atoms with Crippen LogP contribution in [0.5, 0.6) is 0 Å². The Morgan fingerprint density at radius 2 is 1.74 bits per heavy atom. The molecule has 110 valence electrons. The Morgan fingerprint density at radius 3 is 2.37 bits per heavy atom. The van der Waals surface area contributed by atoms with Crippen LogP contribution in [0.2, 0.25) is 0 Å². The number of unbranched alkanes of at least 4 members (excludes halogenated alkanes) is 2. The largest absolute Gasteiger partial charge is 0.480 e. The maximum atomic E-state index is 11.3. The smallest absolute Gasteiger partial charge is 0.322 e. The summed E-state index contributed by atoms with van der Waals surface area (Å²) in [5.74, 6) is -0.531. The van der Waals surface area contributed by atoms with Crippen molar-refractivity contribution in [2.75, 3.05) is 31.6 Å². The molecule has 0 aliphatic carbocycles. The molecule has 0 unspecified atom stereocenters. The van der Waals surface area contributed by atoms with Gasteiger partial charge in [-0.3, -0.25) is 9.59 Å². The number of carbonyl (C=O) groups is 3. The van der Waals surface area contributed by atoms with Crippen LogP contribution in [0, 0.1) is 0 Å². The van der Waals surface area contributed by atoms with Gasteiger partial charge in [-0.05, 0) is 24.9 Å². The van der Waals surface area contributed by atoms with Crippen LogP contribution in [0.15, 0.2) is 0 Å². The SMILES string of the molecule is CSCCCCCNC(=O)NCC(=O)NCC(=O)O. The summed E-state index contributed by atoms with van der Waals surface area (Å²) in [6.45, 7) is -0.111. The highest BCUT2D eigenvalue weighted by molar-refractivity contribution is 7.98. The second-order valence-corrected chi connectivity index (χ2v) is 4.82. The van der Waals surface area contributed by atoms with Gasteiger partial charge in [0, 0.05) is 6.54 Å². The number of amides is 3. The van der Waals surface area contributed by atoms with Crippen molar-refractivity contribution in [1.29, 1.82) is 0 Å². The number of nitrogens with one attached hydrogen (secondary N) is 3. The van der Waals surface area contributed by atoms with Crippen molar-refractivity contribution in [3.63, 3.8) is 0 Å². The Hall–Kier alpha value is -1.44. The molecule has 0 aromatic rings. The minimum absolute atomic E-state index is 0.231. The minimum atomic E-state index is -1.12. The first-order valence-corrected chi connectivity index (χ1v) is 7.44. The summed E-state index contributed by atoms with van der Waals surface area (Å²) in [5, 5.41) is 15.4. The number of carboxylic acids is 1. The van der Waals surface area contributed by atoms with Crippen molar-refractivity contribution in [3.8, 4) is 0 Å². The molecule has 0 saturated heterocycles. The van der Waals surface area contributed by atoms with Gasteiger partial charge in [0.15, 0.2) is 0 Å². The molecule has 0 radical (unpaired) electrons. The second-order valence-electron chi connectivity index (χ2n) is 3.83. The lowest BCUT2D eigenvalue weighted by molar-refractivity contribution is -0.137. The summed E-state index contributed by atoms with van der Waals surface area (Å²) in [5.41, 5.74) is 0. The quantitative estimate of drug-likeness (QED) is 0.424.